The van der Waals surface area contributed by atoms with Crippen LogP contribution in [0, 0.1) is 0 Å². The van der Waals surface area contributed by atoms with Gasteiger partial charge in [0.05, 0.1) is 12.2 Å². The van der Waals surface area contributed by atoms with Crippen LogP contribution in [0.1, 0.15) is 19.2 Å². The molecule has 3 aromatic rings. The van der Waals surface area contributed by atoms with E-state index in [-0.39, 0.29) is 23.9 Å². The number of nitrogens with zero attached hydrogens (tertiary/aromatic N) is 3. The Balaban J connectivity index is 1.50. The highest BCUT2D eigenvalue weighted by Gasteiger charge is 2.15. The van der Waals surface area contributed by atoms with Gasteiger partial charge in [0.15, 0.2) is 16.8 Å². The molecule has 0 spiro atoms. The fourth-order valence-corrected chi connectivity index (χ4v) is 3.50. The molecule has 0 unspecified atom stereocenters. The molecule has 1 aromatic heterocycles. The molecule has 0 bridgehead atoms. The molecule has 8 heteroatoms. The lowest BCUT2D eigenvalue weighted by Gasteiger charge is -2.08. The van der Waals surface area contributed by atoms with Gasteiger partial charge in [0.2, 0.25) is 5.91 Å². The van der Waals surface area contributed by atoms with Crippen molar-refractivity contribution < 1.29 is 14.3 Å². The van der Waals surface area contributed by atoms with Crippen molar-refractivity contribution in [3.63, 3.8) is 0 Å². The third kappa shape index (κ3) is 6.18. The third-order valence-electron chi connectivity index (χ3n) is 4.00. The molecule has 0 aliphatic carbocycles. The zero-order valence-electron chi connectivity index (χ0n) is 16.1. The maximum atomic E-state index is 12.2. The summed E-state index contributed by atoms with van der Waals surface area (Å²) in [4.78, 5) is 24.2. The number of thioether (sulfide) groups is 1. The van der Waals surface area contributed by atoms with E-state index < -0.39 is 0 Å². The van der Waals surface area contributed by atoms with Crippen LogP contribution in [0.3, 0.4) is 0 Å². The summed E-state index contributed by atoms with van der Waals surface area (Å²) in [5.41, 5.74) is 0.673. The van der Waals surface area contributed by atoms with Crippen molar-refractivity contribution in [1.29, 1.82) is 0 Å². The number of rotatable bonds is 10. The van der Waals surface area contributed by atoms with E-state index in [0.29, 0.717) is 29.8 Å². The number of carbonyl (C=O) groups is 2. The fourth-order valence-electron chi connectivity index (χ4n) is 2.62. The molecular formula is C21H22N4O3S. The Morgan fingerprint density at radius 3 is 2.41 bits per heavy atom. The lowest BCUT2D eigenvalue weighted by Crippen LogP contribution is -2.17. The van der Waals surface area contributed by atoms with Crippen molar-refractivity contribution in [2.75, 3.05) is 11.1 Å². The quantitative estimate of drug-likeness (QED) is 0.406. The first kappa shape index (κ1) is 20.6. The van der Waals surface area contributed by atoms with Crippen LogP contribution in [0.4, 0.5) is 5.69 Å². The van der Waals surface area contributed by atoms with Gasteiger partial charge in [-0.25, -0.2) is 0 Å². The first-order valence-electron chi connectivity index (χ1n) is 9.25. The van der Waals surface area contributed by atoms with E-state index in [4.69, 9.17) is 4.74 Å². The number of nitrogens with one attached hydrogen (secondary N) is 1. The molecule has 1 N–H and O–H groups in total. The Labute approximate surface area is 173 Å². The second-order valence-electron chi connectivity index (χ2n) is 6.16. The van der Waals surface area contributed by atoms with Crippen molar-refractivity contribution in [2.24, 2.45) is 0 Å². The second-order valence-corrected chi connectivity index (χ2v) is 7.11. The highest BCUT2D eigenvalue weighted by Crippen LogP contribution is 2.19. The molecule has 3 rings (SSSR count). The van der Waals surface area contributed by atoms with Gasteiger partial charge in [0.25, 0.3) is 0 Å². The van der Waals surface area contributed by atoms with Gasteiger partial charge in [-0.2, -0.15) is 0 Å². The molecule has 1 heterocycles. The van der Waals surface area contributed by atoms with Crippen molar-refractivity contribution in [3.05, 3.63) is 66.5 Å². The third-order valence-corrected chi connectivity index (χ3v) is 5.02. The van der Waals surface area contributed by atoms with Gasteiger partial charge >= 0.3 is 0 Å². The summed E-state index contributed by atoms with van der Waals surface area (Å²) in [5.74, 6) is 1.10. The summed E-state index contributed by atoms with van der Waals surface area (Å²) in [6.07, 6.45) is -0.174. The van der Waals surface area contributed by atoms with Crippen LogP contribution in [-0.2, 0) is 22.7 Å². The van der Waals surface area contributed by atoms with E-state index in [2.05, 4.69) is 15.5 Å². The number of hydrogen-bond donors (Lipinski definition) is 1. The molecule has 0 saturated heterocycles. The number of carbonyl (C=O) groups excluding carboxylic acids is 2. The molecule has 0 fully saturated rings. The van der Waals surface area contributed by atoms with Crippen LogP contribution in [0.15, 0.2) is 65.8 Å². The highest BCUT2D eigenvalue weighted by atomic mass is 32.2. The van der Waals surface area contributed by atoms with Crippen LogP contribution < -0.4 is 10.1 Å². The van der Waals surface area contributed by atoms with Gasteiger partial charge in [0, 0.05) is 12.2 Å². The smallest absolute Gasteiger partial charge is 0.231 e. The maximum Gasteiger partial charge on any atom is 0.231 e. The van der Waals surface area contributed by atoms with E-state index in [1.807, 2.05) is 60.0 Å². The van der Waals surface area contributed by atoms with Gasteiger partial charge in [-0.1, -0.05) is 48.2 Å². The molecule has 0 atom stereocenters. The fraction of sp³-hybridized carbons (Fsp3) is 0.238. The summed E-state index contributed by atoms with van der Waals surface area (Å²) in [6, 6.07) is 18.5. The first-order valence-corrected chi connectivity index (χ1v) is 10.2. The standard InChI is InChI=1S/C21H22N4O3S/c1-2-25-19(14-28-18-11-7-4-8-12-18)23-24-21(25)29-15-17(26)13-20(27)22-16-9-5-3-6-10-16/h3-12H,2,13-15H2,1H3,(H,22,27). The molecular weight excluding hydrogens is 388 g/mol. The van der Waals surface area contributed by atoms with E-state index in [1.54, 1.807) is 12.1 Å². The van der Waals surface area contributed by atoms with Crippen molar-refractivity contribution >= 4 is 29.1 Å². The summed E-state index contributed by atoms with van der Waals surface area (Å²) < 4.78 is 7.64. The van der Waals surface area contributed by atoms with Crippen LogP contribution >= 0.6 is 11.8 Å². The molecule has 150 valence electrons. The number of hydrogen-bond acceptors (Lipinski definition) is 6. The number of ketones is 1. The molecule has 1 amide bonds. The van der Waals surface area contributed by atoms with Gasteiger partial charge in [0.1, 0.15) is 12.4 Å². The van der Waals surface area contributed by atoms with Gasteiger partial charge < -0.3 is 14.6 Å². The predicted octanol–water partition coefficient (Wildman–Crippen LogP) is 3.57. The summed E-state index contributed by atoms with van der Waals surface area (Å²) >= 11 is 1.27. The van der Waals surface area contributed by atoms with Gasteiger partial charge in [-0.05, 0) is 31.2 Å². The number of benzene rings is 2. The van der Waals surface area contributed by atoms with E-state index in [9.17, 15) is 9.59 Å². The lowest BCUT2D eigenvalue weighted by atomic mass is 10.2. The average molecular weight is 410 g/mol. The number of amides is 1. The summed E-state index contributed by atoms with van der Waals surface area (Å²) in [5, 5.41) is 11.7. The SMILES string of the molecule is CCn1c(COc2ccccc2)nnc1SCC(=O)CC(=O)Nc1ccccc1. The number of aromatic nitrogens is 3. The van der Waals surface area contributed by atoms with Crippen LogP contribution in [0.25, 0.3) is 0 Å². The molecule has 0 aliphatic heterocycles. The normalized spacial score (nSPS) is 10.5. The zero-order valence-corrected chi connectivity index (χ0v) is 16.9. The Morgan fingerprint density at radius 1 is 1.03 bits per heavy atom. The Bertz CT molecular complexity index is 945. The van der Waals surface area contributed by atoms with Crippen molar-refractivity contribution in [1.82, 2.24) is 14.8 Å². The largest absolute Gasteiger partial charge is 0.486 e. The van der Waals surface area contributed by atoms with Gasteiger partial charge in [-0.15, -0.1) is 10.2 Å². The van der Waals surface area contributed by atoms with Crippen molar-refractivity contribution in [2.45, 2.75) is 31.7 Å². The monoisotopic (exact) mass is 410 g/mol. The zero-order chi connectivity index (χ0) is 20.5. The summed E-state index contributed by atoms with van der Waals surface area (Å²) in [7, 11) is 0. The molecule has 0 saturated carbocycles. The topological polar surface area (TPSA) is 86.1 Å². The molecule has 0 aliphatic rings. The minimum Gasteiger partial charge on any atom is -0.486 e. The summed E-state index contributed by atoms with van der Waals surface area (Å²) in [6.45, 7) is 2.93. The minimum absolute atomic E-state index is 0.153. The first-order chi connectivity index (χ1) is 14.2. The Kier molecular flexibility index (Phi) is 7.40. The van der Waals surface area contributed by atoms with Crippen molar-refractivity contribution in [3.8, 4) is 5.75 Å². The van der Waals surface area contributed by atoms with Crippen LogP contribution in [0.5, 0.6) is 5.75 Å². The Hall–Kier alpha value is -3.13. The van der Waals surface area contributed by atoms with E-state index in [1.165, 1.54) is 11.8 Å². The number of anilines is 1. The predicted molar refractivity (Wildman–Crippen MR) is 112 cm³/mol. The molecule has 29 heavy (non-hydrogen) atoms. The Morgan fingerprint density at radius 2 is 1.72 bits per heavy atom. The molecule has 0 radical (unpaired) electrons. The van der Waals surface area contributed by atoms with Crippen LogP contribution in [-0.4, -0.2) is 32.2 Å². The maximum absolute atomic E-state index is 12.2. The number of ether oxygens (including phenoxy) is 1. The van der Waals surface area contributed by atoms with Crippen LogP contribution in [0.2, 0.25) is 0 Å². The molecule has 7 nitrogen and oxygen atoms in total. The molecule has 2 aromatic carbocycles. The second kappa shape index (κ2) is 10.4. The van der Waals surface area contributed by atoms with E-state index in [0.717, 1.165) is 5.75 Å². The highest BCUT2D eigenvalue weighted by molar-refractivity contribution is 7.99. The average Bonchev–Trinajstić information content (AvgIpc) is 3.14. The number of Topliss-reactive ketones (excluding diaryl/α,β-unsaturated/α-hetero) is 1. The van der Waals surface area contributed by atoms with Gasteiger partial charge in [-0.3, -0.25) is 9.59 Å². The number of para-hydroxylation sites is 2. The van der Waals surface area contributed by atoms with E-state index >= 15 is 0 Å². The lowest BCUT2D eigenvalue weighted by molar-refractivity contribution is -0.123. The minimum atomic E-state index is -0.323.